The molecule has 14 heavy (non-hydrogen) atoms. The van der Waals surface area contributed by atoms with Gasteiger partial charge in [-0.15, -0.1) is 11.3 Å². The number of morpholine rings is 1. The molecule has 0 aliphatic carbocycles. The summed E-state index contributed by atoms with van der Waals surface area (Å²) in [5, 5.41) is 0.653. The molecule has 1 atom stereocenters. The maximum Gasteiger partial charge on any atom is 0.180 e. The first kappa shape index (κ1) is 9.89. The van der Waals surface area contributed by atoms with Crippen LogP contribution in [0.15, 0.2) is 6.20 Å². The van der Waals surface area contributed by atoms with Crippen molar-refractivity contribution in [2.24, 2.45) is 0 Å². The molecule has 1 aliphatic heterocycles. The molecular weight excluding hydrogens is 198 g/mol. The molecule has 1 aromatic rings. The van der Waals surface area contributed by atoms with Crippen LogP contribution in [0.2, 0.25) is 0 Å². The Bertz CT molecular complexity index is 296. The molecule has 0 saturated carbocycles. The van der Waals surface area contributed by atoms with Crippen LogP contribution in [0, 0.1) is 0 Å². The molecule has 78 valence electrons. The predicted molar refractivity (Wildman–Crippen MR) is 57.3 cm³/mol. The molecule has 0 amide bonds. The van der Waals surface area contributed by atoms with Crippen LogP contribution in [0.3, 0.4) is 0 Å². The number of rotatable bonds is 2. The van der Waals surface area contributed by atoms with Gasteiger partial charge < -0.3 is 10.5 Å². The number of anilines is 1. The normalized spacial score (nSPS) is 20.9. The van der Waals surface area contributed by atoms with E-state index in [1.165, 1.54) is 4.88 Å². The highest BCUT2D eigenvalue weighted by atomic mass is 32.1. The highest BCUT2D eigenvalue weighted by Gasteiger charge is 2.19. The lowest BCUT2D eigenvalue weighted by Gasteiger charge is -2.31. The largest absolute Gasteiger partial charge is 0.379 e. The van der Waals surface area contributed by atoms with Gasteiger partial charge in [-0.1, -0.05) is 0 Å². The molecule has 0 spiro atoms. The summed E-state index contributed by atoms with van der Waals surface area (Å²) < 4.78 is 5.31. The maximum absolute atomic E-state index is 5.61. The fourth-order valence-corrected chi connectivity index (χ4v) is 2.41. The minimum absolute atomic E-state index is 0.411. The van der Waals surface area contributed by atoms with Gasteiger partial charge in [0.15, 0.2) is 5.13 Å². The van der Waals surface area contributed by atoms with E-state index in [0.717, 1.165) is 26.3 Å². The molecule has 2 heterocycles. The maximum atomic E-state index is 5.61. The first-order chi connectivity index (χ1) is 6.77. The van der Waals surface area contributed by atoms with E-state index in [1.54, 1.807) is 11.3 Å². The highest BCUT2D eigenvalue weighted by molar-refractivity contribution is 7.15. The van der Waals surface area contributed by atoms with Gasteiger partial charge in [-0.2, -0.15) is 0 Å². The number of nitrogen functional groups attached to an aromatic ring is 1. The van der Waals surface area contributed by atoms with Crippen molar-refractivity contribution >= 4 is 16.5 Å². The van der Waals surface area contributed by atoms with Gasteiger partial charge in [0.1, 0.15) is 0 Å². The quantitative estimate of drug-likeness (QED) is 0.800. The summed E-state index contributed by atoms with van der Waals surface area (Å²) in [6.45, 7) is 5.85. The number of hydrogen-bond donors (Lipinski definition) is 1. The number of ether oxygens (including phenoxy) is 1. The van der Waals surface area contributed by atoms with E-state index in [1.807, 2.05) is 6.20 Å². The third-order valence-corrected chi connectivity index (χ3v) is 3.54. The first-order valence-corrected chi connectivity index (χ1v) is 5.62. The lowest BCUT2D eigenvalue weighted by atomic mass is 10.2. The Morgan fingerprint density at radius 1 is 1.57 bits per heavy atom. The van der Waals surface area contributed by atoms with Crippen molar-refractivity contribution in [3.63, 3.8) is 0 Å². The molecule has 5 heteroatoms. The average molecular weight is 213 g/mol. The fraction of sp³-hybridized carbons (Fsp3) is 0.667. The highest BCUT2D eigenvalue weighted by Crippen LogP contribution is 2.27. The molecule has 1 unspecified atom stereocenters. The summed E-state index contributed by atoms with van der Waals surface area (Å²) in [7, 11) is 0. The van der Waals surface area contributed by atoms with Crippen LogP contribution < -0.4 is 5.73 Å². The predicted octanol–water partition coefficient (Wildman–Crippen LogP) is 1.12. The van der Waals surface area contributed by atoms with Gasteiger partial charge in [0.05, 0.1) is 13.2 Å². The number of thiazole rings is 1. The summed E-state index contributed by atoms with van der Waals surface area (Å²) in [6, 6.07) is 0.411. The van der Waals surface area contributed by atoms with E-state index in [2.05, 4.69) is 16.8 Å². The number of nitrogens with two attached hydrogens (primary N) is 1. The molecule has 0 radical (unpaired) electrons. The van der Waals surface area contributed by atoms with Crippen molar-refractivity contribution in [1.82, 2.24) is 9.88 Å². The molecule has 4 nitrogen and oxygen atoms in total. The SMILES string of the molecule is CC(c1cnc(N)s1)N1CCOCC1. The Balaban J connectivity index is 2.03. The van der Waals surface area contributed by atoms with Crippen molar-refractivity contribution < 1.29 is 4.74 Å². The van der Waals surface area contributed by atoms with Crippen LogP contribution in [0.25, 0.3) is 0 Å². The molecule has 1 aliphatic rings. The molecule has 2 N–H and O–H groups in total. The summed E-state index contributed by atoms with van der Waals surface area (Å²) in [4.78, 5) is 7.71. The van der Waals surface area contributed by atoms with Crippen molar-refractivity contribution in [2.75, 3.05) is 32.0 Å². The van der Waals surface area contributed by atoms with Crippen LogP contribution in [-0.2, 0) is 4.74 Å². The molecule has 0 aromatic carbocycles. The standard InChI is InChI=1S/C9H15N3OS/c1-7(8-6-11-9(10)14-8)12-2-4-13-5-3-12/h6-7H,2-5H2,1H3,(H2,10,11). The van der Waals surface area contributed by atoms with E-state index in [0.29, 0.717) is 11.2 Å². The zero-order chi connectivity index (χ0) is 9.97. The Hall–Kier alpha value is -0.650. The smallest absolute Gasteiger partial charge is 0.180 e. The van der Waals surface area contributed by atoms with Gasteiger partial charge in [0.25, 0.3) is 0 Å². The molecule has 2 rings (SSSR count). The molecule has 0 bridgehead atoms. The van der Waals surface area contributed by atoms with Gasteiger partial charge in [0, 0.05) is 30.2 Å². The lowest BCUT2D eigenvalue weighted by Crippen LogP contribution is -2.37. The average Bonchev–Trinajstić information content (AvgIpc) is 2.65. The minimum Gasteiger partial charge on any atom is -0.379 e. The second kappa shape index (κ2) is 4.25. The van der Waals surface area contributed by atoms with Gasteiger partial charge in [-0.3, -0.25) is 4.90 Å². The summed E-state index contributed by atoms with van der Waals surface area (Å²) in [6.07, 6.45) is 1.88. The molecular formula is C9H15N3OS. The van der Waals surface area contributed by atoms with Crippen molar-refractivity contribution in [2.45, 2.75) is 13.0 Å². The van der Waals surface area contributed by atoms with Crippen molar-refractivity contribution in [3.8, 4) is 0 Å². The van der Waals surface area contributed by atoms with Crippen LogP contribution >= 0.6 is 11.3 Å². The Kier molecular flexibility index (Phi) is 3.00. The second-order valence-electron chi connectivity index (χ2n) is 3.43. The van der Waals surface area contributed by atoms with Gasteiger partial charge >= 0.3 is 0 Å². The van der Waals surface area contributed by atoms with Gasteiger partial charge in [0.2, 0.25) is 0 Å². The molecule has 1 saturated heterocycles. The Morgan fingerprint density at radius 3 is 2.86 bits per heavy atom. The zero-order valence-corrected chi connectivity index (χ0v) is 9.09. The summed E-state index contributed by atoms with van der Waals surface area (Å²) in [5.74, 6) is 0. The third-order valence-electron chi connectivity index (χ3n) is 2.55. The van der Waals surface area contributed by atoms with Crippen LogP contribution in [0.1, 0.15) is 17.8 Å². The van der Waals surface area contributed by atoms with Crippen LogP contribution in [0.5, 0.6) is 0 Å². The van der Waals surface area contributed by atoms with E-state index >= 15 is 0 Å². The monoisotopic (exact) mass is 213 g/mol. The first-order valence-electron chi connectivity index (χ1n) is 4.80. The number of aromatic nitrogens is 1. The lowest BCUT2D eigenvalue weighted by molar-refractivity contribution is 0.0205. The van der Waals surface area contributed by atoms with E-state index in [9.17, 15) is 0 Å². The Morgan fingerprint density at radius 2 is 2.29 bits per heavy atom. The third kappa shape index (κ3) is 2.05. The molecule has 1 fully saturated rings. The number of nitrogens with zero attached hydrogens (tertiary/aromatic N) is 2. The Labute approximate surface area is 87.7 Å². The van der Waals surface area contributed by atoms with E-state index in [-0.39, 0.29) is 0 Å². The van der Waals surface area contributed by atoms with Crippen LogP contribution in [-0.4, -0.2) is 36.2 Å². The zero-order valence-electron chi connectivity index (χ0n) is 8.27. The molecule has 1 aromatic heterocycles. The fourth-order valence-electron chi connectivity index (χ4n) is 1.64. The van der Waals surface area contributed by atoms with Gasteiger partial charge in [-0.25, -0.2) is 4.98 Å². The van der Waals surface area contributed by atoms with Crippen molar-refractivity contribution in [1.29, 1.82) is 0 Å². The van der Waals surface area contributed by atoms with E-state index < -0.39 is 0 Å². The second-order valence-corrected chi connectivity index (χ2v) is 4.52. The topological polar surface area (TPSA) is 51.4 Å². The van der Waals surface area contributed by atoms with Crippen LogP contribution in [0.4, 0.5) is 5.13 Å². The van der Waals surface area contributed by atoms with Crippen molar-refractivity contribution in [3.05, 3.63) is 11.1 Å². The number of hydrogen-bond acceptors (Lipinski definition) is 5. The van der Waals surface area contributed by atoms with E-state index in [4.69, 9.17) is 10.5 Å². The van der Waals surface area contributed by atoms with Gasteiger partial charge in [-0.05, 0) is 6.92 Å². The summed E-state index contributed by atoms with van der Waals surface area (Å²) in [5.41, 5.74) is 5.61. The summed E-state index contributed by atoms with van der Waals surface area (Å²) >= 11 is 1.57. The minimum atomic E-state index is 0.411.